The van der Waals surface area contributed by atoms with E-state index in [9.17, 15) is 14.4 Å². The van der Waals surface area contributed by atoms with Crippen LogP contribution in [0.15, 0.2) is 109 Å². The molecule has 0 aromatic carbocycles. The zero-order valence-electron chi connectivity index (χ0n) is 54.7. The molecule has 0 rings (SSSR count). The van der Waals surface area contributed by atoms with Crippen LogP contribution in [0.1, 0.15) is 342 Å². The molecule has 0 aliphatic rings. The lowest BCUT2D eigenvalue weighted by atomic mass is 10.0. The van der Waals surface area contributed by atoms with Gasteiger partial charge in [-0.3, -0.25) is 14.4 Å². The highest BCUT2D eigenvalue weighted by atomic mass is 16.6. The first kappa shape index (κ1) is 79.1. The average molecular weight is 1150 g/mol. The van der Waals surface area contributed by atoms with Crippen LogP contribution in [-0.2, 0) is 28.6 Å². The van der Waals surface area contributed by atoms with E-state index >= 15 is 0 Å². The van der Waals surface area contributed by atoms with Crippen molar-refractivity contribution in [2.24, 2.45) is 0 Å². The van der Waals surface area contributed by atoms with E-state index in [4.69, 9.17) is 14.2 Å². The SMILES string of the molecule is CC/C=C\C/C=C\C/C=C\C/C=C\C/C=C\C/C=C\C/C=C\C/C=C\CCCCCCCCCCC(=O)OCC(COC(=O)CCCCCCC/C=C\CCCCCC)OC(=O)CCCCCCCCCCCCCCCCCCCCC. The summed E-state index contributed by atoms with van der Waals surface area (Å²) in [5.74, 6) is -0.883. The molecule has 0 aromatic rings. The lowest BCUT2D eigenvalue weighted by Crippen LogP contribution is -2.30. The molecule has 0 bridgehead atoms. The third kappa shape index (κ3) is 68.7. The Morgan fingerprint density at radius 1 is 0.253 bits per heavy atom. The van der Waals surface area contributed by atoms with Crippen LogP contribution in [0.3, 0.4) is 0 Å². The van der Waals surface area contributed by atoms with Crippen LogP contribution in [0.5, 0.6) is 0 Å². The van der Waals surface area contributed by atoms with E-state index in [-0.39, 0.29) is 31.1 Å². The number of rotatable bonds is 64. The lowest BCUT2D eigenvalue weighted by molar-refractivity contribution is -0.167. The number of unbranched alkanes of at least 4 members (excludes halogenated alkanes) is 35. The fourth-order valence-corrected chi connectivity index (χ4v) is 9.99. The molecule has 1 unspecified atom stereocenters. The van der Waals surface area contributed by atoms with Crippen molar-refractivity contribution in [1.29, 1.82) is 0 Å². The largest absolute Gasteiger partial charge is 0.462 e. The van der Waals surface area contributed by atoms with Crippen molar-refractivity contribution in [1.82, 2.24) is 0 Å². The second-order valence-electron chi connectivity index (χ2n) is 23.4. The summed E-state index contributed by atoms with van der Waals surface area (Å²) in [6.45, 7) is 6.54. The number of hydrogen-bond donors (Lipinski definition) is 0. The Morgan fingerprint density at radius 2 is 0.470 bits per heavy atom. The summed E-state index contributed by atoms with van der Waals surface area (Å²) in [6.07, 6.45) is 96.8. The van der Waals surface area contributed by atoms with Gasteiger partial charge in [0.1, 0.15) is 13.2 Å². The Morgan fingerprint density at radius 3 is 0.759 bits per heavy atom. The van der Waals surface area contributed by atoms with Gasteiger partial charge in [0.25, 0.3) is 0 Å². The molecule has 0 radical (unpaired) electrons. The van der Waals surface area contributed by atoms with Crippen molar-refractivity contribution < 1.29 is 28.6 Å². The molecule has 83 heavy (non-hydrogen) atoms. The van der Waals surface area contributed by atoms with E-state index in [2.05, 4.69) is 130 Å². The number of hydrogen-bond acceptors (Lipinski definition) is 6. The third-order valence-corrected chi connectivity index (χ3v) is 15.3. The maximum Gasteiger partial charge on any atom is 0.306 e. The molecule has 0 saturated heterocycles. The van der Waals surface area contributed by atoms with Crippen LogP contribution in [0.4, 0.5) is 0 Å². The van der Waals surface area contributed by atoms with Crippen LogP contribution < -0.4 is 0 Å². The molecular weight excluding hydrogens is 1020 g/mol. The van der Waals surface area contributed by atoms with Crippen molar-refractivity contribution >= 4 is 17.9 Å². The summed E-state index contributed by atoms with van der Waals surface area (Å²) in [5.41, 5.74) is 0. The first-order chi connectivity index (χ1) is 41.0. The fourth-order valence-electron chi connectivity index (χ4n) is 9.99. The zero-order chi connectivity index (χ0) is 59.9. The van der Waals surface area contributed by atoms with Crippen molar-refractivity contribution in [3.8, 4) is 0 Å². The van der Waals surface area contributed by atoms with Gasteiger partial charge < -0.3 is 14.2 Å². The number of esters is 3. The molecule has 0 aromatic heterocycles. The minimum atomic E-state index is -0.785. The third-order valence-electron chi connectivity index (χ3n) is 15.3. The van der Waals surface area contributed by atoms with Gasteiger partial charge in [0, 0.05) is 19.3 Å². The van der Waals surface area contributed by atoms with E-state index in [0.717, 1.165) is 122 Å². The summed E-state index contributed by atoms with van der Waals surface area (Å²) >= 11 is 0. The summed E-state index contributed by atoms with van der Waals surface area (Å²) in [7, 11) is 0. The molecule has 1 atom stereocenters. The van der Waals surface area contributed by atoms with Crippen LogP contribution in [-0.4, -0.2) is 37.2 Å². The van der Waals surface area contributed by atoms with Gasteiger partial charge in [-0.05, 0) is 109 Å². The topological polar surface area (TPSA) is 78.9 Å². The van der Waals surface area contributed by atoms with Crippen LogP contribution in [0.2, 0.25) is 0 Å². The fraction of sp³-hybridized carbons (Fsp3) is 0.727. The number of carbonyl (C=O) groups excluding carboxylic acids is 3. The molecule has 476 valence electrons. The van der Waals surface area contributed by atoms with Gasteiger partial charge in [-0.25, -0.2) is 0 Å². The van der Waals surface area contributed by atoms with Gasteiger partial charge in [0.2, 0.25) is 0 Å². The van der Waals surface area contributed by atoms with Crippen LogP contribution in [0, 0.1) is 0 Å². The van der Waals surface area contributed by atoms with E-state index in [1.54, 1.807) is 0 Å². The van der Waals surface area contributed by atoms with Gasteiger partial charge >= 0.3 is 17.9 Å². The molecular formula is C77H132O6. The lowest BCUT2D eigenvalue weighted by Gasteiger charge is -2.18. The highest BCUT2D eigenvalue weighted by Gasteiger charge is 2.19. The van der Waals surface area contributed by atoms with E-state index in [1.165, 1.54) is 180 Å². The maximum absolute atomic E-state index is 12.9. The van der Waals surface area contributed by atoms with E-state index in [0.29, 0.717) is 19.3 Å². The predicted octanol–water partition coefficient (Wildman–Crippen LogP) is 24.6. The smallest absolute Gasteiger partial charge is 0.306 e. The molecule has 0 aliphatic carbocycles. The summed E-state index contributed by atoms with van der Waals surface area (Å²) in [6, 6.07) is 0. The van der Waals surface area contributed by atoms with Crippen LogP contribution >= 0.6 is 0 Å². The Hall–Kier alpha value is -3.93. The molecule has 6 heteroatoms. The highest BCUT2D eigenvalue weighted by molar-refractivity contribution is 5.71. The van der Waals surface area contributed by atoms with Crippen molar-refractivity contribution in [2.75, 3.05) is 13.2 Å². The quantitative estimate of drug-likeness (QED) is 0.0261. The Labute approximate surface area is 514 Å². The first-order valence-electron chi connectivity index (χ1n) is 35.4. The molecule has 0 fully saturated rings. The molecule has 6 nitrogen and oxygen atoms in total. The standard InChI is InChI=1S/C77H132O6/c1-4-7-10-13-16-19-22-25-27-29-31-32-33-34-35-36-37-38-39-40-41-42-43-44-46-47-49-52-55-58-61-64-67-70-76(79)82-73-74(72-81-75(78)69-66-63-60-57-54-51-24-21-18-15-12-9-6-3)83-77(80)71-68-65-62-59-56-53-50-48-45-30-28-26-23-20-17-14-11-8-5-2/h7,10,16,19,21,24-25,27,31-32,34-35,37-38,40-41,43-44,74H,4-6,8-9,11-15,17-18,20,22-23,26,28-30,33,36,39,42,45-73H2,1-3H3/b10-7-,19-16-,24-21-,27-25-,32-31-,35-34-,38-37-,41-40-,44-43-. The normalized spacial score (nSPS) is 12.8. The second-order valence-corrected chi connectivity index (χ2v) is 23.4. The molecule has 0 heterocycles. The molecule has 0 N–H and O–H groups in total. The van der Waals surface area contributed by atoms with Gasteiger partial charge in [-0.1, -0.05) is 323 Å². The minimum absolute atomic E-state index is 0.0816. The predicted molar refractivity (Wildman–Crippen MR) is 362 cm³/mol. The molecule has 0 aliphatic heterocycles. The second kappa shape index (κ2) is 70.6. The molecule has 0 saturated carbocycles. The Balaban J connectivity index is 4.27. The number of carbonyl (C=O) groups is 3. The number of allylic oxidation sites excluding steroid dienone is 18. The van der Waals surface area contributed by atoms with E-state index in [1.807, 2.05) is 0 Å². The average Bonchev–Trinajstić information content (AvgIpc) is 3.49. The molecule has 0 spiro atoms. The van der Waals surface area contributed by atoms with Gasteiger partial charge in [-0.2, -0.15) is 0 Å². The minimum Gasteiger partial charge on any atom is -0.462 e. The van der Waals surface area contributed by atoms with Crippen LogP contribution in [0.25, 0.3) is 0 Å². The van der Waals surface area contributed by atoms with Gasteiger partial charge in [-0.15, -0.1) is 0 Å². The summed E-state index contributed by atoms with van der Waals surface area (Å²) < 4.78 is 17.0. The zero-order valence-corrected chi connectivity index (χ0v) is 54.7. The van der Waals surface area contributed by atoms with Gasteiger partial charge in [0.05, 0.1) is 0 Å². The Kier molecular flexibility index (Phi) is 67.2. The monoisotopic (exact) mass is 1150 g/mol. The van der Waals surface area contributed by atoms with Crippen molar-refractivity contribution in [2.45, 2.75) is 348 Å². The first-order valence-corrected chi connectivity index (χ1v) is 35.4. The number of ether oxygens (including phenoxy) is 3. The Bertz CT molecular complexity index is 1660. The summed E-state index contributed by atoms with van der Waals surface area (Å²) in [4.78, 5) is 38.4. The van der Waals surface area contributed by atoms with Gasteiger partial charge in [0.15, 0.2) is 6.10 Å². The van der Waals surface area contributed by atoms with Crippen molar-refractivity contribution in [3.63, 3.8) is 0 Å². The molecule has 0 amide bonds. The summed E-state index contributed by atoms with van der Waals surface area (Å²) in [5, 5.41) is 0. The highest BCUT2D eigenvalue weighted by Crippen LogP contribution is 2.17. The van der Waals surface area contributed by atoms with E-state index < -0.39 is 6.10 Å². The maximum atomic E-state index is 12.9. The van der Waals surface area contributed by atoms with Crippen molar-refractivity contribution in [3.05, 3.63) is 109 Å².